The summed E-state index contributed by atoms with van der Waals surface area (Å²) in [5.74, 6) is 0.647. The molecule has 1 saturated heterocycles. The summed E-state index contributed by atoms with van der Waals surface area (Å²) < 4.78 is 7.19. The van der Waals surface area contributed by atoms with Gasteiger partial charge >= 0.3 is 6.03 Å². The van der Waals surface area contributed by atoms with Crippen molar-refractivity contribution in [2.45, 2.75) is 6.92 Å². The van der Waals surface area contributed by atoms with Crippen LogP contribution >= 0.6 is 11.6 Å². The number of nitrogens with zero attached hydrogens (tertiary/aromatic N) is 3. The van der Waals surface area contributed by atoms with Gasteiger partial charge in [-0.2, -0.15) is 0 Å². The fraction of sp³-hybridized carbons (Fsp3) is 0.222. The number of amides is 2. The molecule has 0 saturated carbocycles. The minimum absolute atomic E-state index is 0.0751. The molecule has 128 valence electrons. The Kier molecular flexibility index (Phi) is 3.77. The number of anilines is 1. The lowest BCUT2D eigenvalue weighted by molar-refractivity contribution is 0.252. The van der Waals surface area contributed by atoms with Crippen molar-refractivity contribution in [3.05, 3.63) is 47.2 Å². The molecule has 25 heavy (non-hydrogen) atoms. The normalized spacial score (nSPS) is 14.2. The zero-order chi connectivity index (χ0) is 17.6. The Labute approximate surface area is 150 Å². The molecule has 3 heterocycles. The second-order valence-electron chi connectivity index (χ2n) is 5.96. The van der Waals surface area contributed by atoms with Gasteiger partial charge in [-0.25, -0.2) is 9.78 Å². The third-order valence-corrected chi connectivity index (χ3v) is 4.68. The highest BCUT2D eigenvalue weighted by atomic mass is 35.5. The largest absolute Gasteiger partial charge is 0.495 e. The van der Waals surface area contributed by atoms with Crippen molar-refractivity contribution in [2.75, 3.05) is 25.1 Å². The SMILES string of the molecule is COc1cc(C)c(-c2cn3ccc(N4CCNC4=O)cc3n2)cc1Cl. The summed E-state index contributed by atoms with van der Waals surface area (Å²) in [5.41, 5.74) is 4.42. The molecule has 0 atom stereocenters. The fourth-order valence-corrected chi connectivity index (χ4v) is 3.31. The summed E-state index contributed by atoms with van der Waals surface area (Å²) in [5, 5.41) is 3.36. The van der Waals surface area contributed by atoms with Crippen molar-refractivity contribution in [1.82, 2.24) is 14.7 Å². The molecule has 3 aromatic rings. The number of aryl methyl sites for hydroxylation is 1. The van der Waals surface area contributed by atoms with Crippen molar-refractivity contribution < 1.29 is 9.53 Å². The molecule has 0 bridgehead atoms. The second-order valence-corrected chi connectivity index (χ2v) is 6.37. The quantitative estimate of drug-likeness (QED) is 0.781. The van der Waals surface area contributed by atoms with Gasteiger partial charge in [0, 0.05) is 37.1 Å². The van der Waals surface area contributed by atoms with E-state index in [4.69, 9.17) is 21.3 Å². The van der Waals surface area contributed by atoms with Crippen LogP contribution in [0.3, 0.4) is 0 Å². The summed E-state index contributed by atoms with van der Waals surface area (Å²) in [6.45, 7) is 3.32. The standard InChI is InChI=1S/C18H17ClN4O2/c1-11-7-16(25-2)14(19)9-13(11)15-10-22-5-3-12(8-17(22)21-15)23-6-4-20-18(23)24/h3,5,7-10H,4,6H2,1-2H3,(H,20,24). The molecular weight excluding hydrogens is 340 g/mol. The number of imidazole rings is 1. The van der Waals surface area contributed by atoms with E-state index in [9.17, 15) is 4.79 Å². The fourth-order valence-electron chi connectivity index (χ4n) is 3.07. The molecule has 0 radical (unpaired) electrons. The number of hydrogen-bond donors (Lipinski definition) is 1. The Morgan fingerprint density at radius 3 is 2.88 bits per heavy atom. The van der Waals surface area contributed by atoms with Crippen molar-refractivity contribution >= 4 is 29.0 Å². The van der Waals surface area contributed by atoms with Crippen molar-refractivity contribution in [2.24, 2.45) is 0 Å². The molecule has 1 aliphatic heterocycles. The van der Waals surface area contributed by atoms with Crippen molar-refractivity contribution in [1.29, 1.82) is 0 Å². The van der Waals surface area contributed by atoms with E-state index in [2.05, 4.69) is 5.32 Å². The molecule has 1 aromatic carbocycles. The average Bonchev–Trinajstić information content (AvgIpc) is 3.21. The Morgan fingerprint density at radius 1 is 1.32 bits per heavy atom. The minimum Gasteiger partial charge on any atom is -0.495 e. The van der Waals surface area contributed by atoms with E-state index in [1.165, 1.54) is 0 Å². The van der Waals surface area contributed by atoms with Gasteiger partial charge in [-0.3, -0.25) is 4.90 Å². The van der Waals surface area contributed by atoms with E-state index in [0.717, 1.165) is 28.2 Å². The molecule has 1 N–H and O–H groups in total. The lowest BCUT2D eigenvalue weighted by atomic mass is 10.1. The lowest BCUT2D eigenvalue weighted by Gasteiger charge is -2.13. The highest BCUT2D eigenvalue weighted by Crippen LogP contribution is 2.33. The van der Waals surface area contributed by atoms with E-state index in [1.807, 2.05) is 48.0 Å². The van der Waals surface area contributed by atoms with Crippen LogP contribution in [0, 0.1) is 6.92 Å². The highest BCUT2D eigenvalue weighted by Gasteiger charge is 2.21. The number of methoxy groups -OCH3 is 1. The maximum Gasteiger partial charge on any atom is 0.321 e. The van der Waals surface area contributed by atoms with Gasteiger partial charge in [0.2, 0.25) is 0 Å². The molecule has 1 aliphatic rings. The van der Waals surface area contributed by atoms with Gasteiger partial charge in [-0.15, -0.1) is 0 Å². The Balaban J connectivity index is 1.77. The number of nitrogens with one attached hydrogen (secondary N) is 1. The van der Waals surface area contributed by atoms with Gasteiger partial charge in [0.15, 0.2) is 0 Å². The van der Waals surface area contributed by atoms with Crippen LogP contribution in [0.4, 0.5) is 10.5 Å². The molecule has 4 rings (SSSR count). The van der Waals surface area contributed by atoms with E-state index >= 15 is 0 Å². The Bertz CT molecular complexity index is 983. The first-order valence-electron chi connectivity index (χ1n) is 7.95. The highest BCUT2D eigenvalue weighted by molar-refractivity contribution is 6.32. The number of fused-ring (bicyclic) bond motifs is 1. The summed E-state index contributed by atoms with van der Waals surface area (Å²) in [6, 6.07) is 7.52. The van der Waals surface area contributed by atoms with Gasteiger partial charge < -0.3 is 14.5 Å². The van der Waals surface area contributed by atoms with E-state index in [-0.39, 0.29) is 6.03 Å². The molecule has 0 spiro atoms. The number of hydrogen-bond acceptors (Lipinski definition) is 3. The summed E-state index contributed by atoms with van der Waals surface area (Å²) >= 11 is 6.27. The van der Waals surface area contributed by atoms with Crippen LogP contribution in [-0.2, 0) is 0 Å². The van der Waals surface area contributed by atoms with Crippen molar-refractivity contribution in [3.63, 3.8) is 0 Å². The topological polar surface area (TPSA) is 58.9 Å². The first kappa shape index (κ1) is 15.8. The predicted molar refractivity (Wildman–Crippen MR) is 97.7 cm³/mol. The second kappa shape index (κ2) is 5.97. The number of carbonyl (C=O) groups is 1. The zero-order valence-corrected chi connectivity index (χ0v) is 14.7. The van der Waals surface area contributed by atoms with Gasteiger partial charge in [-0.05, 0) is 30.7 Å². The van der Waals surface area contributed by atoms with Gasteiger partial charge in [0.25, 0.3) is 0 Å². The molecule has 6 nitrogen and oxygen atoms in total. The maximum absolute atomic E-state index is 11.8. The van der Waals surface area contributed by atoms with E-state index in [0.29, 0.717) is 23.9 Å². The van der Waals surface area contributed by atoms with Crippen LogP contribution in [0.15, 0.2) is 36.7 Å². The van der Waals surface area contributed by atoms with Crippen LogP contribution in [0.25, 0.3) is 16.9 Å². The van der Waals surface area contributed by atoms with Crippen LogP contribution in [0.1, 0.15) is 5.56 Å². The lowest BCUT2D eigenvalue weighted by Crippen LogP contribution is -2.27. The molecule has 1 fully saturated rings. The molecular formula is C18H17ClN4O2. The number of aromatic nitrogens is 2. The molecule has 0 aliphatic carbocycles. The molecule has 2 aromatic heterocycles. The number of pyridine rings is 1. The Morgan fingerprint density at radius 2 is 2.16 bits per heavy atom. The zero-order valence-electron chi connectivity index (χ0n) is 13.9. The number of ether oxygens (including phenoxy) is 1. The third-order valence-electron chi connectivity index (χ3n) is 4.39. The first-order valence-corrected chi connectivity index (χ1v) is 8.33. The molecule has 0 unspecified atom stereocenters. The van der Waals surface area contributed by atoms with Crippen LogP contribution in [0.5, 0.6) is 5.75 Å². The number of urea groups is 1. The van der Waals surface area contributed by atoms with Gasteiger partial charge in [0.1, 0.15) is 11.4 Å². The third kappa shape index (κ3) is 2.68. The number of benzene rings is 1. The van der Waals surface area contributed by atoms with E-state index in [1.54, 1.807) is 12.0 Å². The maximum atomic E-state index is 11.8. The van der Waals surface area contributed by atoms with Crippen LogP contribution < -0.4 is 15.0 Å². The van der Waals surface area contributed by atoms with Gasteiger partial charge in [-0.1, -0.05) is 11.6 Å². The number of halogens is 1. The summed E-state index contributed by atoms with van der Waals surface area (Å²) in [7, 11) is 1.60. The number of rotatable bonds is 3. The summed E-state index contributed by atoms with van der Waals surface area (Å²) in [6.07, 6.45) is 3.86. The monoisotopic (exact) mass is 356 g/mol. The number of carbonyl (C=O) groups excluding carboxylic acids is 1. The van der Waals surface area contributed by atoms with Gasteiger partial charge in [0.05, 0.1) is 23.5 Å². The summed E-state index contributed by atoms with van der Waals surface area (Å²) in [4.78, 5) is 18.3. The smallest absolute Gasteiger partial charge is 0.321 e. The minimum atomic E-state index is -0.0751. The first-order chi connectivity index (χ1) is 12.1. The molecule has 7 heteroatoms. The predicted octanol–water partition coefficient (Wildman–Crippen LogP) is 3.50. The average molecular weight is 357 g/mol. The van der Waals surface area contributed by atoms with Crippen LogP contribution in [0.2, 0.25) is 5.02 Å². The van der Waals surface area contributed by atoms with Crippen LogP contribution in [-0.4, -0.2) is 35.6 Å². The Hall–Kier alpha value is -2.73. The van der Waals surface area contributed by atoms with Crippen molar-refractivity contribution in [3.8, 4) is 17.0 Å². The van der Waals surface area contributed by atoms with E-state index < -0.39 is 0 Å². The molecule has 2 amide bonds.